The average Bonchev–Trinajstić information content (AvgIpc) is 3.04. The van der Waals surface area contributed by atoms with Gasteiger partial charge in [-0.1, -0.05) is 47.6 Å². The lowest BCUT2D eigenvalue weighted by Gasteiger charge is -2.13. The van der Waals surface area contributed by atoms with Crippen LogP contribution in [0.3, 0.4) is 0 Å². The highest BCUT2D eigenvalue weighted by Gasteiger charge is 2.20. The van der Waals surface area contributed by atoms with Crippen molar-refractivity contribution in [2.45, 2.75) is 31.2 Å². The van der Waals surface area contributed by atoms with Gasteiger partial charge in [-0.2, -0.15) is 0 Å². The first-order chi connectivity index (χ1) is 12.9. The van der Waals surface area contributed by atoms with E-state index in [-0.39, 0.29) is 17.5 Å². The molecule has 0 fully saturated rings. The van der Waals surface area contributed by atoms with Crippen molar-refractivity contribution in [2.24, 2.45) is 0 Å². The molecule has 2 N–H and O–H groups in total. The van der Waals surface area contributed by atoms with Gasteiger partial charge in [0.2, 0.25) is 10.0 Å². The fourth-order valence-electron chi connectivity index (χ4n) is 2.89. The second-order valence-corrected chi connectivity index (χ2v) is 8.10. The Morgan fingerprint density at radius 2 is 1.74 bits per heavy atom. The van der Waals surface area contributed by atoms with Crippen LogP contribution in [0.5, 0.6) is 0 Å². The van der Waals surface area contributed by atoms with Gasteiger partial charge in [-0.15, -0.1) is 0 Å². The van der Waals surface area contributed by atoms with Gasteiger partial charge in [-0.3, -0.25) is 0 Å². The molecule has 0 aliphatic carbocycles. The van der Waals surface area contributed by atoms with Gasteiger partial charge in [0.25, 0.3) is 0 Å². The fraction of sp³-hybridized carbons (Fsp3) is 0.250. The smallest absolute Gasteiger partial charge is 0.240 e. The third kappa shape index (κ3) is 4.27. The number of nitrogens with zero attached hydrogens (tertiary/aromatic N) is 1. The average molecular weight is 386 g/mol. The quantitative estimate of drug-likeness (QED) is 0.649. The highest BCUT2D eigenvalue weighted by molar-refractivity contribution is 7.89. The summed E-state index contributed by atoms with van der Waals surface area (Å²) in [5.41, 5.74) is 3.32. The summed E-state index contributed by atoms with van der Waals surface area (Å²) in [6.07, 6.45) is 0.359. The Bertz CT molecular complexity index is 996. The minimum absolute atomic E-state index is 0.0718. The molecule has 0 saturated heterocycles. The second-order valence-electron chi connectivity index (χ2n) is 6.39. The van der Waals surface area contributed by atoms with E-state index >= 15 is 0 Å². The summed E-state index contributed by atoms with van der Waals surface area (Å²) >= 11 is 0. The summed E-state index contributed by atoms with van der Waals surface area (Å²) in [6.45, 7) is 3.48. The van der Waals surface area contributed by atoms with Crippen molar-refractivity contribution in [1.82, 2.24) is 9.88 Å². The minimum atomic E-state index is -3.64. The zero-order valence-electron chi connectivity index (χ0n) is 15.2. The van der Waals surface area contributed by atoms with Gasteiger partial charge >= 0.3 is 0 Å². The molecule has 3 aromatic rings. The molecule has 0 aliphatic rings. The van der Waals surface area contributed by atoms with Crippen molar-refractivity contribution in [1.29, 1.82) is 0 Å². The van der Waals surface area contributed by atoms with Crippen LogP contribution in [0.15, 0.2) is 64.0 Å². The first kappa shape index (κ1) is 19.3. The number of hydrogen-bond donors (Lipinski definition) is 2. The number of aromatic nitrogens is 1. The van der Waals surface area contributed by atoms with E-state index in [4.69, 9.17) is 9.63 Å². The molecule has 0 spiro atoms. The van der Waals surface area contributed by atoms with Gasteiger partial charge in [0.05, 0.1) is 10.5 Å². The number of aryl methyl sites for hydroxylation is 1. The highest BCUT2D eigenvalue weighted by atomic mass is 32.2. The predicted molar refractivity (Wildman–Crippen MR) is 104 cm³/mol. The monoisotopic (exact) mass is 386 g/mol. The number of sulfonamides is 1. The number of hydrogen-bond acceptors (Lipinski definition) is 5. The van der Waals surface area contributed by atoms with Crippen molar-refractivity contribution in [2.75, 3.05) is 6.61 Å². The largest absolute Gasteiger partial charge is 0.396 e. The van der Waals surface area contributed by atoms with Gasteiger partial charge in [0, 0.05) is 18.2 Å². The normalized spacial score (nSPS) is 12.9. The van der Waals surface area contributed by atoms with Crippen LogP contribution >= 0.6 is 0 Å². The Balaban J connectivity index is 1.92. The second kappa shape index (κ2) is 8.04. The summed E-state index contributed by atoms with van der Waals surface area (Å²) in [5.74, 6) is 0.666. The van der Waals surface area contributed by atoms with Crippen LogP contribution in [0.4, 0.5) is 0 Å². The van der Waals surface area contributed by atoms with Crippen LogP contribution in [0.1, 0.15) is 19.1 Å². The zero-order chi connectivity index (χ0) is 19.4. The molecule has 1 atom stereocenters. The Kier molecular flexibility index (Phi) is 5.74. The molecular weight excluding hydrogens is 364 g/mol. The van der Waals surface area contributed by atoms with Gasteiger partial charge in [0.1, 0.15) is 11.5 Å². The number of aliphatic hydroxyl groups excluding tert-OH is 1. The molecule has 3 rings (SSSR count). The Hall–Kier alpha value is -2.48. The zero-order valence-corrected chi connectivity index (χ0v) is 16.0. The van der Waals surface area contributed by atoms with Gasteiger partial charge < -0.3 is 9.63 Å². The van der Waals surface area contributed by atoms with Gasteiger partial charge in [-0.05, 0) is 38.0 Å². The lowest BCUT2D eigenvalue weighted by molar-refractivity contribution is 0.275. The van der Waals surface area contributed by atoms with Crippen LogP contribution in [0, 0.1) is 6.92 Å². The van der Waals surface area contributed by atoms with E-state index < -0.39 is 10.0 Å². The Morgan fingerprint density at radius 1 is 1.07 bits per heavy atom. The van der Waals surface area contributed by atoms with Gasteiger partial charge in [-0.25, -0.2) is 13.1 Å². The molecule has 2 aromatic carbocycles. The number of rotatable bonds is 7. The van der Waals surface area contributed by atoms with E-state index in [0.29, 0.717) is 12.2 Å². The summed E-state index contributed by atoms with van der Waals surface area (Å²) in [5, 5.41) is 13.1. The maximum Gasteiger partial charge on any atom is 0.240 e. The van der Waals surface area contributed by atoms with Crippen molar-refractivity contribution in [3.63, 3.8) is 0 Å². The van der Waals surface area contributed by atoms with Crippen LogP contribution in [0.2, 0.25) is 0 Å². The molecule has 142 valence electrons. The molecular formula is C20H22N2O4S. The molecule has 0 radical (unpaired) electrons. The van der Waals surface area contributed by atoms with E-state index in [2.05, 4.69) is 9.88 Å². The van der Waals surface area contributed by atoms with E-state index in [1.54, 1.807) is 31.2 Å². The molecule has 0 amide bonds. The molecule has 1 heterocycles. The minimum Gasteiger partial charge on any atom is -0.396 e. The van der Waals surface area contributed by atoms with Crippen molar-refractivity contribution in [3.8, 4) is 22.4 Å². The first-order valence-corrected chi connectivity index (χ1v) is 10.2. The Morgan fingerprint density at radius 3 is 2.37 bits per heavy atom. The van der Waals surface area contributed by atoms with Crippen molar-refractivity contribution >= 4 is 10.0 Å². The van der Waals surface area contributed by atoms with E-state index in [1.165, 1.54) is 0 Å². The maximum absolute atomic E-state index is 12.4. The third-order valence-corrected chi connectivity index (χ3v) is 5.89. The summed E-state index contributed by atoms with van der Waals surface area (Å²) < 4.78 is 32.8. The summed E-state index contributed by atoms with van der Waals surface area (Å²) in [4.78, 5) is 0.173. The maximum atomic E-state index is 12.4. The molecule has 0 saturated carbocycles. The molecule has 0 unspecified atom stereocenters. The number of benzene rings is 2. The highest BCUT2D eigenvalue weighted by Crippen LogP contribution is 2.34. The van der Waals surface area contributed by atoms with E-state index in [9.17, 15) is 8.42 Å². The van der Waals surface area contributed by atoms with Crippen molar-refractivity contribution < 1.29 is 18.0 Å². The van der Waals surface area contributed by atoms with E-state index in [0.717, 1.165) is 22.4 Å². The molecule has 0 aliphatic heterocycles. The molecule has 7 heteroatoms. The standard InChI is InChI=1S/C20H22N2O4S/c1-14(12-13-23)22-27(24,25)18-10-8-16(9-11-18)19-15(2)26-21-20(19)17-6-4-3-5-7-17/h3-11,14,22-23H,12-13H2,1-2H3/t14-/m1/s1. The molecule has 27 heavy (non-hydrogen) atoms. The van der Waals surface area contributed by atoms with E-state index in [1.807, 2.05) is 37.3 Å². The van der Waals surface area contributed by atoms with Crippen LogP contribution in [-0.2, 0) is 10.0 Å². The molecule has 1 aromatic heterocycles. The van der Waals surface area contributed by atoms with Crippen LogP contribution < -0.4 is 4.72 Å². The third-order valence-electron chi connectivity index (χ3n) is 4.28. The lowest BCUT2D eigenvalue weighted by Crippen LogP contribution is -2.33. The van der Waals surface area contributed by atoms with Gasteiger partial charge in [0.15, 0.2) is 0 Å². The van der Waals surface area contributed by atoms with Crippen LogP contribution in [0.25, 0.3) is 22.4 Å². The Labute approximate surface area is 158 Å². The predicted octanol–water partition coefficient (Wildman–Crippen LogP) is 3.37. The summed E-state index contributed by atoms with van der Waals surface area (Å²) in [6, 6.07) is 16.0. The van der Waals surface area contributed by atoms with Crippen molar-refractivity contribution in [3.05, 3.63) is 60.4 Å². The topological polar surface area (TPSA) is 92.4 Å². The fourth-order valence-corrected chi connectivity index (χ4v) is 4.17. The summed E-state index contributed by atoms with van der Waals surface area (Å²) in [7, 11) is -3.64. The lowest BCUT2D eigenvalue weighted by atomic mass is 10.00. The SMILES string of the molecule is Cc1onc(-c2ccccc2)c1-c1ccc(S(=O)(=O)N[C@H](C)CCO)cc1. The van der Waals surface area contributed by atoms with Crippen LogP contribution in [-0.4, -0.2) is 31.3 Å². The molecule has 0 bridgehead atoms. The number of nitrogens with one attached hydrogen (secondary N) is 1. The first-order valence-electron chi connectivity index (χ1n) is 8.67. The molecule has 6 nitrogen and oxygen atoms in total. The number of aliphatic hydroxyl groups is 1.